The van der Waals surface area contributed by atoms with E-state index in [4.69, 9.17) is 9.72 Å². The molecule has 0 saturated heterocycles. The predicted molar refractivity (Wildman–Crippen MR) is 152 cm³/mol. The molecule has 2 aromatic rings. The van der Waals surface area contributed by atoms with Crippen molar-refractivity contribution in [3.63, 3.8) is 0 Å². The van der Waals surface area contributed by atoms with E-state index in [1.54, 1.807) is 0 Å². The van der Waals surface area contributed by atoms with E-state index in [9.17, 15) is 14.7 Å². The Morgan fingerprint density at radius 1 is 1.05 bits per heavy atom. The molecule has 2 aliphatic carbocycles. The van der Waals surface area contributed by atoms with Crippen LogP contribution in [-0.4, -0.2) is 47.3 Å². The minimum absolute atomic E-state index is 0.155. The molecule has 2 saturated carbocycles. The van der Waals surface area contributed by atoms with Gasteiger partial charge >= 0.3 is 5.97 Å². The van der Waals surface area contributed by atoms with Crippen LogP contribution in [-0.2, 0) is 32.6 Å². The summed E-state index contributed by atoms with van der Waals surface area (Å²) < 4.78 is 6.03. The van der Waals surface area contributed by atoms with Gasteiger partial charge in [0.1, 0.15) is 11.9 Å². The Morgan fingerprint density at radius 2 is 1.82 bits per heavy atom. The predicted octanol–water partition coefficient (Wildman–Crippen LogP) is 5.42. The van der Waals surface area contributed by atoms with Crippen LogP contribution in [0.5, 0.6) is 0 Å². The van der Waals surface area contributed by atoms with Crippen molar-refractivity contribution in [2.75, 3.05) is 18.5 Å². The van der Waals surface area contributed by atoms with E-state index in [0.717, 1.165) is 94.2 Å². The number of benzene rings is 1. The Balaban J connectivity index is 1.07. The van der Waals surface area contributed by atoms with Crippen LogP contribution in [0.25, 0.3) is 0 Å². The lowest BCUT2D eigenvalue weighted by Crippen LogP contribution is -2.51. The molecule has 7 nitrogen and oxygen atoms in total. The van der Waals surface area contributed by atoms with Crippen LogP contribution in [0.4, 0.5) is 5.82 Å². The number of nitrogens with zero attached hydrogens (tertiary/aromatic N) is 1. The third kappa shape index (κ3) is 6.81. The topological polar surface area (TPSA) is 101 Å². The minimum atomic E-state index is -0.998. The van der Waals surface area contributed by atoms with Gasteiger partial charge < -0.3 is 20.5 Å². The van der Waals surface area contributed by atoms with Crippen molar-refractivity contribution in [2.45, 2.75) is 101 Å². The maximum Gasteiger partial charge on any atom is 0.326 e. The number of rotatable bonds is 11. The molecule has 1 aliphatic heterocycles. The van der Waals surface area contributed by atoms with E-state index >= 15 is 0 Å². The number of aromatic nitrogens is 1. The third-order valence-corrected chi connectivity index (χ3v) is 9.03. The first-order valence-corrected chi connectivity index (χ1v) is 15.0. The number of aliphatic carboxylic acids is 1. The zero-order valence-corrected chi connectivity index (χ0v) is 23.0. The van der Waals surface area contributed by atoms with E-state index in [1.807, 2.05) is 30.3 Å². The van der Waals surface area contributed by atoms with Crippen molar-refractivity contribution in [1.82, 2.24) is 10.3 Å². The van der Waals surface area contributed by atoms with Gasteiger partial charge in [-0.3, -0.25) is 4.79 Å². The van der Waals surface area contributed by atoms with Gasteiger partial charge in [0.2, 0.25) is 5.91 Å². The fraction of sp³-hybridized carbons (Fsp3) is 0.594. The number of nitrogens with one attached hydrogen (secondary N) is 2. The van der Waals surface area contributed by atoms with Gasteiger partial charge in [0, 0.05) is 25.3 Å². The number of carbonyl (C=O) groups is 2. The molecule has 5 rings (SSSR count). The minimum Gasteiger partial charge on any atom is -0.480 e. The molecular weight excluding hydrogens is 490 g/mol. The summed E-state index contributed by atoms with van der Waals surface area (Å²) in [5, 5.41) is 16.2. The van der Waals surface area contributed by atoms with Crippen molar-refractivity contribution in [1.29, 1.82) is 0 Å². The molecule has 3 aliphatic rings. The summed E-state index contributed by atoms with van der Waals surface area (Å²) in [6.45, 7) is 1.34. The molecule has 1 atom stereocenters. The molecule has 1 unspecified atom stereocenters. The Hall–Kier alpha value is -2.93. The van der Waals surface area contributed by atoms with Crippen molar-refractivity contribution < 1.29 is 19.4 Å². The van der Waals surface area contributed by atoms with Crippen LogP contribution in [0.3, 0.4) is 0 Å². The normalized spacial score (nSPS) is 22.9. The summed E-state index contributed by atoms with van der Waals surface area (Å²) in [5.41, 5.74) is 2.81. The van der Waals surface area contributed by atoms with E-state index in [1.165, 1.54) is 12.0 Å². The van der Waals surface area contributed by atoms with E-state index in [2.05, 4.69) is 22.8 Å². The number of anilines is 1. The number of hydrogen-bond donors (Lipinski definition) is 3. The van der Waals surface area contributed by atoms with Crippen molar-refractivity contribution in [3.05, 3.63) is 59.3 Å². The van der Waals surface area contributed by atoms with E-state index in [-0.39, 0.29) is 18.4 Å². The van der Waals surface area contributed by atoms with Gasteiger partial charge in [-0.25, -0.2) is 9.78 Å². The van der Waals surface area contributed by atoms with E-state index < -0.39 is 17.4 Å². The van der Waals surface area contributed by atoms with E-state index in [0.29, 0.717) is 12.5 Å². The van der Waals surface area contributed by atoms with Crippen molar-refractivity contribution in [3.8, 4) is 0 Å². The van der Waals surface area contributed by atoms with Crippen LogP contribution >= 0.6 is 0 Å². The number of carbonyl (C=O) groups excluding carboxylic acids is 1. The second-order valence-corrected chi connectivity index (χ2v) is 11.7. The van der Waals surface area contributed by atoms with Crippen LogP contribution in [0.1, 0.15) is 87.4 Å². The highest BCUT2D eigenvalue weighted by atomic mass is 16.5. The fourth-order valence-corrected chi connectivity index (χ4v) is 6.55. The Bertz CT molecular complexity index is 1110. The summed E-state index contributed by atoms with van der Waals surface area (Å²) >= 11 is 0. The summed E-state index contributed by atoms with van der Waals surface area (Å²) in [6.07, 6.45) is 12.5. The highest BCUT2D eigenvalue weighted by Gasteiger charge is 2.41. The van der Waals surface area contributed by atoms with Gasteiger partial charge in [0.15, 0.2) is 0 Å². The number of ether oxygens (including phenoxy) is 1. The van der Waals surface area contributed by atoms with Gasteiger partial charge in [-0.05, 0) is 74.5 Å². The van der Waals surface area contributed by atoms with Gasteiger partial charge in [-0.15, -0.1) is 0 Å². The molecule has 210 valence electrons. The molecule has 0 bridgehead atoms. The molecule has 0 spiro atoms. The Labute approximate surface area is 232 Å². The summed E-state index contributed by atoms with van der Waals surface area (Å²) in [4.78, 5) is 30.5. The lowest BCUT2D eigenvalue weighted by molar-refractivity contribution is -0.144. The lowest BCUT2D eigenvalue weighted by Gasteiger charge is -2.36. The number of amides is 1. The average molecular weight is 534 g/mol. The van der Waals surface area contributed by atoms with Gasteiger partial charge in [-0.2, -0.15) is 0 Å². The number of pyridine rings is 1. The van der Waals surface area contributed by atoms with Crippen LogP contribution in [0.2, 0.25) is 0 Å². The second kappa shape index (κ2) is 12.9. The molecule has 2 fully saturated rings. The molecular formula is C32H43N3O4. The molecule has 1 amide bonds. The zero-order valence-electron chi connectivity index (χ0n) is 23.0. The number of carboxylic acid groups (broad SMARTS) is 1. The monoisotopic (exact) mass is 533 g/mol. The average Bonchev–Trinajstić information content (AvgIpc) is 3.20. The fourth-order valence-electron chi connectivity index (χ4n) is 6.55. The number of fused-ring (bicyclic) bond motifs is 1. The van der Waals surface area contributed by atoms with Gasteiger partial charge in [0.25, 0.3) is 0 Å². The molecule has 39 heavy (non-hydrogen) atoms. The first kappa shape index (κ1) is 27.6. The largest absolute Gasteiger partial charge is 0.480 e. The maximum atomic E-state index is 13.6. The van der Waals surface area contributed by atoms with Gasteiger partial charge in [0.05, 0.1) is 11.5 Å². The second-order valence-electron chi connectivity index (χ2n) is 11.7. The molecule has 0 radical (unpaired) electrons. The highest BCUT2D eigenvalue weighted by Crippen LogP contribution is 2.39. The Kier molecular flexibility index (Phi) is 9.17. The Morgan fingerprint density at radius 3 is 2.56 bits per heavy atom. The van der Waals surface area contributed by atoms with Gasteiger partial charge in [-0.1, -0.05) is 62.1 Å². The first-order chi connectivity index (χ1) is 19.0. The first-order valence-electron chi connectivity index (χ1n) is 15.0. The quantitative estimate of drug-likeness (QED) is 0.334. The molecule has 1 aromatic heterocycles. The molecule has 7 heteroatoms. The lowest BCUT2D eigenvalue weighted by atomic mass is 9.73. The van der Waals surface area contributed by atoms with Crippen molar-refractivity contribution in [2.24, 2.45) is 5.92 Å². The summed E-state index contributed by atoms with van der Waals surface area (Å²) in [6, 6.07) is 13.3. The standard InChI is InChI=1S/C32H43N3O4/c36-30(37)28(35-31(38)32(17-6-1-2-7-18-32)25-10-4-3-5-11-25)16-20-39-27-21-23(22-27)12-14-26-15-13-24-9-8-19-33-29(24)34-26/h3-5,10-11,13,15,23,27-28H,1-2,6-9,12,14,16-22H2,(H,33,34)(H,35,38)(H,36,37). The van der Waals surface area contributed by atoms with Crippen LogP contribution in [0, 0.1) is 5.92 Å². The molecule has 3 N–H and O–H groups in total. The summed E-state index contributed by atoms with van der Waals surface area (Å²) in [7, 11) is 0. The highest BCUT2D eigenvalue weighted by molar-refractivity contribution is 5.91. The zero-order chi connectivity index (χ0) is 27.1. The molecule has 2 heterocycles. The molecule has 1 aromatic carbocycles. The number of aryl methyl sites for hydroxylation is 2. The SMILES string of the molecule is O=C(O)C(CCOC1CC(CCc2ccc3c(n2)NCCC3)C1)NC(=O)C1(c2ccccc2)CCCCCC1. The van der Waals surface area contributed by atoms with Crippen LogP contribution in [0.15, 0.2) is 42.5 Å². The summed E-state index contributed by atoms with van der Waals surface area (Å²) in [5.74, 6) is 0.527. The smallest absolute Gasteiger partial charge is 0.326 e. The van der Waals surface area contributed by atoms with Crippen molar-refractivity contribution >= 4 is 17.7 Å². The number of carboxylic acids is 1. The number of hydrogen-bond acceptors (Lipinski definition) is 5. The van der Waals surface area contributed by atoms with Crippen LogP contribution < -0.4 is 10.6 Å². The third-order valence-electron chi connectivity index (χ3n) is 9.03. The maximum absolute atomic E-state index is 13.6.